The highest BCUT2D eigenvalue weighted by atomic mass is 35.5. The maximum Gasteiger partial charge on any atom is 0.111 e. The highest BCUT2D eigenvalue weighted by molar-refractivity contribution is 6.31. The second-order valence-electron chi connectivity index (χ2n) is 5.76. The number of fused-ring (bicyclic) bond motifs is 1. The van der Waals surface area contributed by atoms with Crippen molar-refractivity contribution >= 4 is 34.2 Å². The molecule has 108 valence electrons. The molecule has 1 atom stereocenters. The van der Waals surface area contributed by atoms with Crippen LogP contribution in [0.3, 0.4) is 0 Å². The highest BCUT2D eigenvalue weighted by Gasteiger charge is 2.26. The summed E-state index contributed by atoms with van der Waals surface area (Å²) in [5, 5.41) is 0.744. The van der Waals surface area contributed by atoms with Crippen molar-refractivity contribution in [2.75, 3.05) is 5.88 Å². The summed E-state index contributed by atoms with van der Waals surface area (Å²) in [4.78, 5) is 4.75. The van der Waals surface area contributed by atoms with Crippen LogP contribution in [0.5, 0.6) is 0 Å². The Hall–Kier alpha value is -0.730. The van der Waals surface area contributed by atoms with Crippen molar-refractivity contribution in [3.63, 3.8) is 0 Å². The Kier molecular flexibility index (Phi) is 4.23. The Balaban J connectivity index is 2.07. The summed E-state index contributed by atoms with van der Waals surface area (Å²) in [6.45, 7) is 2.32. The topological polar surface area (TPSA) is 17.8 Å². The van der Waals surface area contributed by atoms with E-state index in [0.29, 0.717) is 11.9 Å². The van der Waals surface area contributed by atoms with Gasteiger partial charge in [-0.05, 0) is 43.9 Å². The summed E-state index contributed by atoms with van der Waals surface area (Å²) in [5.74, 6) is 2.46. The third-order valence-corrected chi connectivity index (χ3v) is 4.96. The molecule has 0 spiro atoms. The van der Waals surface area contributed by atoms with Gasteiger partial charge in [0.25, 0.3) is 0 Å². The SMILES string of the molecule is CC(C1CCCC1)n1c(CCCl)nc2cc(Cl)ccc21. The maximum atomic E-state index is 6.09. The molecule has 1 unspecified atom stereocenters. The van der Waals surface area contributed by atoms with Crippen LogP contribution in [-0.2, 0) is 6.42 Å². The van der Waals surface area contributed by atoms with E-state index in [0.717, 1.165) is 28.7 Å². The van der Waals surface area contributed by atoms with Crippen molar-refractivity contribution < 1.29 is 0 Å². The average molecular weight is 311 g/mol. The van der Waals surface area contributed by atoms with Gasteiger partial charge in [-0.3, -0.25) is 0 Å². The number of rotatable bonds is 4. The molecule has 2 nitrogen and oxygen atoms in total. The van der Waals surface area contributed by atoms with E-state index in [2.05, 4.69) is 17.6 Å². The minimum atomic E-state index is 0.488. The highest BCUT2D eigenvalue weighted by Crippen LogP contribution is 2.36. The lowest BCUT2D eigenvalue weighted by molar-refractivity contribution is 0.360. The number of aromatic nitrogens is 2. The second-order valence-corrected chi connectivity index (χ2v) is 6.57. The number of halogens is 2. The Morgan fingerprint density at radius 2 is 2.10 bits per heavy atom. The Morgan fingerprint density at radius 3 is 2.80 bits per heavy atom. The molecule has 1 aromatic carbocycles. The number of nitrogens with zero attached hydrogens (tertiary/aromatic N) is 2. The third-order valence-electron chi connectivity index (χ3n) is 4.53. The zero-order valence-electron chi connectivity index (χ0n) is 11.8. The van der Waals surface area contributed by atoms with Gasteiger partial charge < -0.3 is 4.57 Å². The molecule has 20 heavy (non-hydrogen) atoms. The zero-order valence-corrected chi connectivity index (χ0v) is 13.3. The molecule has 2 aromatic rings. The van der Waals surface area contributed by atoms with Gasteiger partial charge in [-0.2, -0.15) is 0 Å². The molecule has 1 fully saturated rings. The largest absolute Gasteiger partial charge is 0.325 e. The first-order valence-corrected chi connectivity index (χ1v) is 8.34. The van der Waals surface area contributed by atoms with E-state index in [1.165, 1.54) is 31.2 Å². The van der Waals surface area contributed by atoms with Crippen LogP contribution in [0.2, 0.25) is 5.02 Å². The van der Waals surface area contributed by atoms with Crippen LogP contribution >= 0.6 is 23.2 Å². The van der Waals surface area contributed by atoms with Crippen molar-refractivity contribution in [2.24, 2.45) is 5.92 Å². The van der Waals surface area contributed by atoms with Gasteiger partial charge in [0.05, 0.1) is 11.0 Å². The maximum absolute atomic E-state index is 6.09. The Labute approximate surface area is 130 Å². The van der Waals surface area contributed by atoms with Gasteiger partial charge >= 0.3 is 0 Å². The first-order valence-electron chi connectivity index (χ1n) is 7.43. The van der Waals surface area contributed by atoms with Crippen LogP contribution in [-0.4, -0.2) is 15.4 Å². The summed E-state index contributed by atoms with van der Waals surface area (Å²) in [6.07, 6.45) is 6.19. The van der Waals surface area contributed by atoms with Crippen LogP contribution in [0.1, 0.15) is 44.5 Å². The van der Waals surface area contributed by atoms with Gasteiger partial charge in [0.1, 0.15) is 5.82 Å². The van der Waals surface area contributed by atoms with Gasteiger partial charge in [-0.1, -0.05) is 24.4 Å². The normalized spacial score (nSPS) is 17.9. The number of hydrogen-bond donors (Lipinski definition) is 0. The van der Waals surface area contributed by atoms with Crippen LogP contribution in [0, 0.1) is 5.92 Å². The fourth-order valence-corrected chi connectivity index (χ4v) is 3.82. The number of hydrogen-bond acceptors (Lipinski definition) is 1. The molecule has 0 aliphatic heterocycles. The molecule has 0 N–H and O–H groups in total. The predicted octanol–water partition coefficient (Wildman–Crippen LogP) is 5.22. The lowest BCUT2D eigenvalue weighted by Crippen LogP contribution is -2.17. The van der Waals surface area contributed by atoms with Gasteiger partial charge in [0.15, 0.2) is 0 Å². The van der Waals surface area contributed by atoms with Crippen LogP contribution in [0.15, 0.2) is 18.2 Å². The van der Waals surface area contributed by atoms with Crippen LogP contribution < -0.4 is 0 Å². The minimum absolute atomic E-state index is 0.488. The lowest BCUT2D eigenvalue weighted by Gasteiger charge is -2.23. The molecular weight excluding hydrogens is 291 g/mol. The Morgan fingerprint density at radius 1 is 1.35 bits per heavy atom. The molecule has 1 heterocycles. The van der Waals surface area contributed by atoms with Crippen LogP contribution in [0.4, 0.5) is 0 Å². The fourth-order valence-electron chi connectivity index (χ4n) is 3.49. The van der Waals surface area contributed by atoms with Gasteiger partial charge in [0.2, 0.25) is 0 Å². The predicted molar refractivity (Wildman–Crippen MR) is 85.8 cm³/mol. The van der Waals surface area contributed by atoms with E-state index in [-0.39, 0.29) is 0 Å². The summed E-state index contributed by atoms with van der Waals surface area (Å²) in [6, 6.07) is 6.48. The van der Waals surface area contributed by atoms with Gasteiger partial charge in [-0.25, -0.2) is 4.98 Å². The monoisotopic (exact) mass is 310 g/mol. The average Bonchev–Trinajstić information content (AvgIpc) is 3.05. The molecule has 1 aliphatic carbocycles. The van der Waals surface area contributed by atoms with Crippen molar-refractivity contribution in [1.82, 2.24) is 9.55 Å². The number of benzene rings is 1. The Bertz CT molecular complexity index is 600. The van der Waals surface area contributed by atoms with Crippen molar-refractivity contribution in [3.05, 3.63) is 29.0 Å². The molecular formula is C16H20Cl2N2. The van der Waals surface area contributed by atoms with E-state index < -0.39 is 0 Å². The minimum Gasteiger partial charge on any atom is -0.325 e. The summed E-state index contributed by atoms with van der Waals surface area (Å²) >= 11 is 12.0. The molecule has 4 heteroatoms. The quantitative estimate of drug-likeness (QED) is 0.708. The molecule has 0 radical (unpaired) electrons. The van der Waals surface area contributed by atoms with Crippen molar-refractivity contribution in [1.29, 1.82) is 0 Å². The lowest BCUT2D eigenvalue weighted by atomic mass is 9.99. The van der Waals surface area contributed by atoms with E-state index in [4.69, 9.17) is 28.2 Å². The molecule has 1 aliphatic rings. The molecule has 0 bridgehead atoms. The fraction of sp³-hybridized carbons (Fsp3) is 0.562. The molecule has 1 aromatic heterocycles. The second kappa shape index (κ2) is 5.95. The van der Waals surface area contributed by atoms with E-state index >= 15 is 0 Å². The molecule has 0 saturated heterocycles. The number of alkyl halides is 1. The summed E-state index contributed by atoms with van der Waals surface area (Å²) in [5.41, 5.74) is 2.18. The van der Waals surface area contributed by atoms with Gasteiger partial charge in [-0.15, -0.1) is 11.6 Å². The third kappa shape index (κ3) is 2.56. The summed E-state index contributed by atoms with van der Waals surface area (Å²) in [7, 11) is 0. The van der Waals surface area contributed by atoms with Crippen LogP contribution in [0.25, 0.3) is 11.0 Å². The zero-order chi connectivity index (χ0) is 14.1. The van der Waals surface area contributed by atoms with E-state index in [1.807, 2.05) is 12.1 Å². The molecule has 0 amide bonds. The van der Waals surface area contributed by atoms with Gasteiger partial charge in [0, 0.05) is 23.4 Å². The molecule has 3 rings (SSSR count). The first kappa shape index (κ1) is 14.2. The van der Waals surface area contributed by atoms with E-state index in [1.54, 1.807) is 0 Å². The smallest absolute Gasteiger partial charge is 0.111 e. The number of aryl methyl sites for hydroxylation is 1. The standard InChI is InChI=1S/C16H20Cl2N2/c1-11(12-4-2-3-5-12)20-15-7-6-13(18)10-14(15)19-16(20)8-9-17/h6-7,10-12H,2-5,8-9H2,1H3. The van der Waals surface area contributed by atoms with E-state index in [9.17, 15) is 0 Å². The molecule has 1 saturated carbocycles. The van der Waals surface area contributed by atoms with Crippen molar-refractivity contribution in [3.8, 4) is 0 Å². The first-order chi connectivity index (χ1) is 9.70. The van der Waals surface area contributed by atoms with Crippen molar-refractivity contribution in [2.45, 2.75) is 45.1 Å². The number of imidazole rings is 1. The summed E-state index contributed by atoms with van der Waals surface area (Å²) < 4.78 is 2.39.